The first-order valence-electron chi connectivity index (χ1n) is 29.3. The zero-order valence-electron chi connectivity index (χ0n) is 49.7. The number of aromatic nitrogens is 6. The Balaban J connectivity index is 0.000000190. The van der Waals surface area contributed by atoms with Crippen molar-refractivity contribution in [1.29, 1.82) is 0 Å². The summed E-state index contributed by atoms with van der Waals surface area (Å²) in [7, 11) is 9.68. The van der Waals surface area contributed by atoms with Crippen LogP contribution >= 0.6 is 0 Å². The molecule has 0 spiro atoms. The summed E-state index contributed by atoms with van der Waals surface area (Å²) in [6.45, 7) is 0. The Kier molecular flexibility index (Phi) is 17.2. The van der Waals surface area contributed by atoms with Crippen LogP contribution in [-0.4, -0.2) is 65.1 Å². The molecule has 0 saturated heterocycles. The van der Waals surface area contributed by atoms with Gasteiger partial charge in [0.05, 0.1) is 0 Å². The first-order chi connectivity index (χ1) is 43.3. The monoisotopic (exact) mass is 1140 g/mol. The largest absolute Gasteiger partial charge is 0.388 e. The fraction of sp³-hybridized carbons (Fsp3) is 0.0649. The van der Waals surface area contributed by atoms with Crippen molar-refractivity contribution in [2.24, 2.45) is 0 Å². The summed E-state index contributed by atoms with van der Waals surface area (Å²) in [5.41, 5.74) is 22.2. The highest BCUT2D eigenvalue weighted by Crippen LogP contribution is 2.36. The molecule has 0 radical (unpaired) electrons. The van der Waals surface area contributed by atoms with Crippen molar-refractivity contribution >= 4 is 28.4 Å². The van der Waals surface area contributed by atoms with E-state index in [9.17, 15) is 0 Å². The Morgan fingerprint density at radius 3 is 0.659 bits per heavy atom. The summed E-state index contributed by atoms with van der Waals surface area (Å²) in [4.78, 5) is 29.5. The van der Waals surface area contributed by atoms with Crippen LogP contribution < -0.4 is 26.6 Å². The second-order valence-electron chi connectivity index (χ2n) is 21.0. The van der Waals surface area contributed by atoms with Gasteiger partial charge < -0.3 is 26.6 Å². The van der Waals surface area contributed by atoms with Gasteiger partial charge in [0.25, 0.3) is 0 Å². The number of nitrogens with zero attached hydrogens (tertiary/aromatic N) is 6. The zero-order valence-corrected chi connectivity index (χ0v) is 49.7. The summed E-state index contributed by atoms with van der Waals surface area (Å²) < 4.78 is 0. The molecule has 0 aliphatic rings. The van der Waals surface area contributed by atoms with Crippen molar-refractivity contribution in [3.8, 4) is 124 Å². The van der Waals surface area contributed by atoms with Gasteiger partial charge in [-0.2, -0.15) is 0 Å². The standard InChI is InChI=1S/C48H40N6.C29H25N5/c1-49-43-16-10-15-38(27-43)48-53-46(36-21-17-34(18-22-36)41-25-39(28-44(30-41)50-2)32-11-6-4-7-12-32)52-47(54-48)37-23-19-35(20-24-37)42-26-40(29-45(31-42)51-3)33-13-8-5-9-14-33;1-30-25-17-24(18-26(19-25)31-2)20-13-15-23(16-14-20)29-33-27(21-9-5-3-6-10-21)32-28(34-29)22-11-7-4-8-12-22/h4-31,49-51H,1-3H3;3-19,30-31H,1-2H3. The molecular formula is C77H65N11. The summed E-state index contributed by atoms with van der Waals surface area (Å²) in [6.07, 6.45) is 0. The Morgan fingerprint density at radius 2 is 0.364 bits per heavy atom. The first-order valence-corrected chi connectivity index (χ1v) is 29.3. The van der Waals surface area contributed by atoms with E-state index in [1.165, 1.54) is 11.1 Å². The number of rotatable bonds is 16. The van der Waals surface area contributed by atoms with Crippen molar-refractivity contribution in [2.75, 3.05) is 61.8 Å². The summed E-state index contributed by atoms with van der Waals surface area (Å²) in [6, 6.07) is 93.9. The van der Waals surface area contributed by atoms with Crippen LogP contribution in [0.1, 0.15) is 0 Å². The van der Waals surface area contributed by atoms with Crippen LogP contribution in [0.3, 0.4) is 0 Å². The minimum absolute atomic E-state index is 0.615. The fourth-order valence-electron chi connectivity index (χ4n) is 10.5. The lowest BCUT2D eigenvalue weighted by molar-refractivity contribution is 1.07. The average molecular weight is 1140 g/mol. The van der Waals surface area contributed by atoms with E-state index in [0.717, 1.165) is 106 Å². The van der Waals surface area contributed by atoms with Gasteiger partial charge in [0.1, 0.15) is 0 Å². The van der Waals surface area contributed by atoms with Crippen molar-refractivity contribution in [2.45, 2.75) is 0 Å². The second kappa shape index (κ2) is 26.6. The summed E-state index contributed by atoms with van der Waals surface area (Å²) in [5, 5.41) is 16.3. The highest BCUT2D eigenvalue weighted by molar-refractivity contribution is 5.82. The lowest BCUT2D eigenvalue weighted by Crippen LogP contribution is -2.00. The summed E-state index contributed by atoms with van der Waals surface area (Å²) >= 11 is 0. The predicted molar refractivity (Wildman–Crippen MR) is 367 cm³/mol. The Labute approximate surface area is 514 Å². The average Bonchev–Trinajstić information content (AvgIpc) is 3.72. The van der Waals surface area contributed by atoms with Gasteiger partial charge in [-0.1, -0.05) is 206 Å². The van der Waals surface area contributed by atoms with E-state index in [-0.39, 0.29) is 0 Å². The maximum Gasteiger partial charge on any atom is 0.164 e. The molecule has 0 saturated carbocycles. The van der Waals surface area contributed by atoms with Crippen LogP contribution in [0.2, 0.25) is 0 Å². The van der Waals surface area contributed by atoms with E-state index in [0.29, 0.717) is 34.9 Å². The molecule has 11 heteroatoms. The molecule has 0 atom stereocenters. The first kappa shape index (κ1) is 56.9. The van der Waals surface area contributed by atoms with Gasteiger partial charge >= 0.3 is 0 Å². The number of anilines is 5. The van der Waals surface area contributed by atoms with E-state index >= 15 is 0 Å². The van der Waals surface area contributed by atoms with Crippen LogP contribution in [-0.2, 0) is 0 Å². The SMILES string of the molecule is CNc1cc(-c2ccccc2)cc(-c2ccc(-c3nc(-c4ccc(-c5cc(NC)cc(-c6ccccc6)c5)cc4)nc(-c4cccc(NC)c4)n3)cc2)c1.CNc1cc(NC)cc(-c2ccc(-c3nc(-c4ccccc4)nc(-c4ccccc4)n3)cc2)c1. The topological polar surface area (TPSA) is 137 Å². The van der Waals surface area contributed by atoms with Gasteiger partial charge in [0.2, 0.25) is 0 Å². The van der Waals surface area contributed by atoms with Gasteiger partial charge in [0.15, 0.2) is 34.9 Å². The molecule has 428 valence electrons. The van der Waals surface area contributed by atoms with E-state index in [4.69, 9.17) is 29.9 Å². The van der Waals surface area contributed by atoms with Crippen LogP contribution in [0.25, 0.3) is 124 Å². The van der Waals surface area contributed by atoms with E-state index in [1.807, 2.05) is 126 Å². The predicted octanol–water partition coefficient (Wildman–Crippen LogP) is 18.3. The number of hydrogen-bond acceptors (Lipinski definition) is 11. The Bertz CT molecular complexity index is 4250. The number of hydrogen-bond donors (Lipinski definition) is 5. The molecule has 11 aromatic carbocycles. The molecule has 13 aromatic rings. The number of benzene rings is 11. The van der Waals surface area contributed by atoms with Crippen LogP contribution in [0, 0.1) is 0 Å². The highest BCUT2D eigenvalue weighted by Gasteiger charge is 2.17. The molecule has 0 unspecified atom stereocenters. The van der Waals surface area contributed by atoms with Gasteiger partial charge in [-0.15, -0.1) is 0 Å². The van der Waals surface area contributed by atoms with Gasteiger partial charge in [0, 0.05) is 97.1 Å². The third kappa shape index (κ3) is 13.2. The van der Waals surface area contributed by atoms with E-state index < -0.39 is 0 Å². The second-order valence-corrected chi connectivity index (χ2v) is 21.0. The molecule has 0 aliphatic carbocycles. The molecule has 0 amide bonds. The maximum absolute atomic E-state index is 5.05. The molecule has 0 bridgehead atoms. The maximum atomic E-state index is 5.05. The molecule has 88 heavy (non-hydrogen) atoms. The third-order valence-electron chi connectivity index (χ3n) is 15.3. The van der Waals surface area contributed by atoms with Crippen LogP contribution in [0.5, 0.6) is 0 Å². The molecule has 2 aromatic heterocycles. The van der Waals surface area contributed by atoms with Crippen LogP contribution in [0.4, 0.5) is 28.4 Å². The van der Waals surface area contributed by atoms with Gasteiger partial charge in [-0.3, -0.25) is 0 Å². The number of nitrogens with one attached hydrogen (secondary N) is 5. The van der Waals surface area contributed by atoms with Crippen LogP contribution in [0.15, 0.2) is 273 Å². The molecule has 5 N–H and O–H groups in total. The zero-order chi connectivity index (χ0) is 60.2. The van der Waals surface area contributed by atoms with Gasteiger partial charge in [-0.25, -0.2) is 29.9 Å². The smallest absolute Gasteiger partial charge is 0.164 e. The van der Waals surface area contributed by atoms with Crippen molar-refractivity contribution in [1.82, 2.24) is 29.9 Å². The summed E-state index contributed by atoms with van der Waals surface area (Å²) in [5.74, 6) is 3.82. The molecule has 0 fully saturated rings. The van der Waals surface area contributed by atoms with Gasteiger partial charge in [-0.05, 0) is 122 Å². The molecule has 13 rings (SSSR count). The van der Waals surface area contributed by atoms with Crippen molar-refractivity contribution in [3.05, 3.63) is 273 Å². The van der Waals surface area contributed by atoms with Crippen molar-refractivity contribution in [3.63, 3.8) is 0 Å². The lowest BCUT2D eigenvalue weighted by atomic mass is 9.97. The lowest BCUT2D eigenvalue weighted by Gasteiger charge is -2.12. The fourth-order valence-corrected chi connectivity index (χ4v) is 10.5. The minimum atomic E-state index is 0.615. The molecular weight excluding hydrogens is 1080 g/mol. The minimum Gasteiger partial charge on any atom is -0.388 e. The van der Waals surface area contributed by atoms with E-state index in [2.05, 4.69) is 209 Å². The van der Waals surface area contributed by atoms with E-state index in [1.54, 1.807) is 0 Å². The third-order valence-corrected chi connectivity index (χ3v) is 15.3. The Hall–Kier alpha value is -11.6. The van der Waals surface area contributed by atoms with Crippen molar-refractivity contribution < 1.29 is 0 Å². The highest BCUT2D eigenvalue weighted by atomic mass is 15.0. The molecule has 2 heterocycles. The quantitative estimate of drug-likeness (QED) is 0.0632. The normalized spacial score (nSPS) is 10.8. The Morgan fingerprint density at radius 1 is 0.159 bits per heavy atom. The molecule has 11 nitrogen and oxygen atoms in total. The molecule has 0 aliphatic heterocycles.